The van der Waals surface area contributed by atoms with Crippen molar-refractivity contribution < 1.29 is 9.90 Å². The predicted octanol–water partition coefficient (Wildman–Crippen LogP) is 0.749. The molecule has 0 aliphatic heterocycles. The Morgan fingerprint density at radius 3 is 2.64 bits per heavy atom. The number of carboxylic acid groups (broad SMARTS) is 1. The van der Waals surface area contributed by atoms with Gasteiger partial charge in [0.25, 0.3) is 0 Å². The summed E-state index contributed by atoms with van der Waals surface area (Å²) in [6.07, 6.45) is 1.59. The van der Waals surface area contributed by atoms with Crippen LogP contribution in [-0.2, 0) is 0 Å². The Labute approximate surface area is 93.8 Å². The van der Waals surface area contributed by atoms with Gasteiger partial charge in [0.05, 0.1) is 11.1 Å². The standard InChI is InChI=1S/C10H7NO2.Ga.3H/c12-10(13)8-5-1-3-7-4-2-6-11-9(7)8;;;;/h1-6H,(H,12,13);;;;. The van der Waals surface area contributed by atoms with E-state index < -0.39 is 5.97 Å². The molecule has 70 valence electrons. The summed E-state index contributed by atoms with van der Waals surface area (Å²) in [5.74, 6) is -0.940. The second-order valence-electron chi connectivity index (χ2n) is 2.69. The van der Waals surface area contributed by atoms with E-state index >= 15 is 0 Å². The Balaban J connectivity index is 0.000000980. The minimum absolute atomic E-state index is 0. The molecular formula is C10H10GaNO2. The molecule has 2 rings (SSSR count). The SMILES string of the molecule is O=C(O)c1cccc2cccnc12.[GaH3]. The number of hydrogen-bond acceptors (Lipinski definition) is 2. The van der Waals surface area contributed by atoms with Crippen LogP contribution in [0.2, 0.25) is 0 Å². The van der Waals surface area contributed by atoms with Crippen molar-refractivity contribution in [3.05, 3.63) is 42.1 Å². The molecular weight excluding hydrogens is 236 g/mol. The van der Waals surface area contributed by atoms with E-state index in [4.69, 9.17) is 5.11 Å². The summed E-state index contributed by atoms with van der Waals surface area (Å²) in [6, 6.07) is 8.74. The number of para-hydroxylation sites is 1. The zero-order valence-electron chi connectivity index (χ0n) is 6.77. The molecule has 1 heterocycles. The van der Waals surface area contributed by atoms with Gasteiger partial charge < -0.3 is 5.11 Å². The molecule has 0 saturated heterocycles. The molecule has 14 heavy (non-hydrogen) atoms. The zero-order chi connectivity index (χ0) is 9.26. The monoisotopic (exact) mass is 245 g/mol. The van der Waals surface area contributed by atoms with Crippen molar-refractivity contribution >= 4 is 36.7 Å². The van der Waals surface area contributed by atoms with Crippen LogP contribution in [-0.4, -0.2) is 35.9 Å². The summed E-state index contributed by atoms with van der Waals surface area (Å²) < 4.78 is 0. The Bertz CT molecular complexity index is 465. The molecule has 4 heteroatoms. The third kappa shape index (κ3) is 1.81. The Morgan fingerprint density at radius 1 is 1.21 bits per heavy atom. The summed E-state index contributed by atoms with van der Waals surface area (Å²) in [7, 11) is 0. The second-order valence-corrected chi connectivity index (χ2v) is 2.69. The van der Waals surface area contributed by atoms with Crippen molar-refractivity contribution in [3.8, 4) is 0 Å². The van der Waals surface area contributed by atoms with Crippen LogP contribution in [0.5, 0.6) is 0 Å². The van der Waals surface area contributed by atoms with Crippen molar-refractivity contribution in [2.45, 2.75) is 0 Å². The van der Waals surface area contributed by atoms with Crippen molar-refractivity contribution in [2.24, 2.45) is 0 Å². The van der Waals surface area contributed by atoms with Crippen molar-refractivity contribution in [3.63, 3.8) is 0 Å². The first-order valence-electron chi connectivity index (χ1n) is 3.86. The molecule has 0 saturated carbocycles. The topological polar surface area (TPSA) is 50.2 Å². The number of carboxylic acids is 1. The average molecular weight is 246 g/mol. The van der Waals surface area contributed by atoms with Gasteiger partial charge in [-0.25, -0.2) is 4.79 Å². The Hall–Kier alpha value is -1.26. The Kier molecular flexibility index (Phi) is 3.32. The number of aromatic nitrogens is 1. The number of pyridine rings is 1. The maximum absolute atomic E-state index is 10.8. The zero-order valence-corrected chi connectivity index (χ0v) is 6.77. The fourth-order valence-corrected chi connectivity index (χ4v) is 1.28. The number of aromatic carboxylic acids is 1. The van der Waals surface area contributed by atoms with Crippen molar-refractivity contribution in [1.29, 1.82) is 0 Å². The number of fused-ring (bicyclic) bond motifs is 1. The predicted molar refractivity (Wildman–Crippen MR) is 58.6 cm³/mol. The van der Waals surface area contributed by atoms with Gasteiger partial charge in [-0.05, 0) is 12.1 Å². The number of benzene rings is 1. The molecule has 0 radical (unpaired) electrons. The van der Waals surface area contributed by atoms with Gasteiger partial charge in [-0.15, -0.1) is 0 Å². The van der Waals surface area contributed by atoms with Crippen LogP contribution in [0.4, 0.5) is 0 Å². The van der Waals surface area contributed by atoms with E-state index in [0.717, 1.165) is 5.39 Å². The van der Waals surface area contributed by atoms with Crippen LogP contribution in [0.3, 0.4) is 0 Å². The number of hydrogen-bond donors (Lipinski definition) is 1. The molecule has 0 aliphatic carbocycles. The van der Waals surface area contributed by atoms with E-state index in [1.807, 2.05) is 12.1 Å². The van der Waals surface area contributed by atoms with E-state index in [2.05, 4.69) is 4.98 Å². The van der Waals surface area contributed by atoms with E-state index in [1.54, 1.807) is 24.4 Å². The molecule has 3 nitrogen and oxygen atoms in total. The molecule has 0 atom stereocenters. The fraction of sp³-hybridized carbons (Fsp3) is 0. The van der Waals surface area contributed by atoms with E-state index in [0.29, 0.717) is 5.52 Å². The van der Waals surface area contributed by atoms with Crippen LogP contribution < -0.4 is 0 Å². The first kappa shape index (κ1) is 10.8. The average Bonchev–Trinajstić information content (AvgIpc) is 2.17. The van der Waals surface area contributed by atoms with E-state index in [1.165, 1.54) is 0 Å². The number of nitrogens with zero attached hydrogens (tertiary/aromatic N) is 1. The van der Waals surface area contributed by atoms with E-state index in [-0.39, 0.29) is 25.4 Å². The van der Waals surface area contributed by atoms with Crippen LogP contribution in [0.15, 0.2) is 36.5 Å². The number of rotatable bonds is 1. The molecule has 0 bridgehead atoms. The third-order valence-electron chi connectivity index (χ3n) is 1.86. The maximum atomic E-state index is 10.8. The number of carbonyl (C=O) groups is 1. The first-order valence-corrected chi connectivity index (χ1v) is 3.86. The molecule has 0 amide bonds. The molecule has 0 aliphatic rings. The van der Waals surface area contributed by atoms with Gasteiger partial charge in [0.2, 0.25) is 0 Å². The Morgan fingerprint density at radius 2 is 1.93 bits per heavy atom. The van der Waals surface area contributed by atoms with E-state index in [9.17, 15) is 4.79 Å². The van der Waals surface area contributed by atoms with Crippen LogP contribution in [0.25, 0.3) is 10.9 Å². The molecule has 0 fully saturated rings. The summed E-state index contributed by atoms with van der Waals surface area (Å²) in [6.45, 7) is 0. The van der Waals surface area contributed by atoms with Crippen LogP contribution in [0, 0.1) is 0 Å². The molecule has 0 unspecified atom stereocenters. The fourth-order valence-electron chi connectivity index (χ4n) is 1.28. The molecule has 2 aromatic rings. The third-order valence-corrected chi connectivity index (χ3v) is 1.86. The molecule has 0 spiro atoms. The van der Waals surface area contributed by atoms with Crippen molar-refractivity contribution in [2.75, 3.05) is 0 Å². The quantitative estimate of drug-likeness (QED) is 0.755. The summed E-state index contributed by atoms with van der Waals surface area (Å²) in [5, 5.41) is 9.69. The van der Waals surface area contributed by atoms with Gasteiger partial charge in [-0.3, -0.25) is 4.98 Å². The van der Waals surface area contributed by atoms with Gasteiger partial charge in [-0.2, -0.15) is 0 Å². The summed E-state index contributed by atoms with van der Waals surface area (Å²) in [5.41, 5.74) is 0.788. The van der Waals surface area contributed by atoms with Crippen LogP contribution in [0.1, 0.15) is 10.4 Å². The van der Waals surface area contributed by atoms with Gasteiger partial charge in [-0.1, -0.05) is 18.2 Å². The second kappa shape index (κ2) is 4.30. The summed E-state index contributed by atoms with van der Waals surface area (Å²) >= 11 is 0. The van der Waals surface area contributed by atoms with Crippen molar-refractivity contribution in [1.82, 2.24) is 4.98 Å². The normalized spacial score (nSPS) is 9.43. The molecule has 1 aromatic heterocycles. The molecule has 1 N–H and O–H groups in total. The van der Waals surface area contributed by atoms with Crippen LogP contribution >= 0.6 is 0 Å². The van der Waals surface area contributed by atoms with Gasteiger partial charge in [0, 0.05) is 11.6 Å². The minimum atomic E-state index is -0.940. The first-order chi connectivity index (χ1) is 6.29. The van der Waals surface area contributed by atoms with Gasteiger partial charge >= 0.3 is 25.8 Å². The summed E-state index contributed by atoms with van der Waals surface area (Å²) in [4.78, 5) is 14.8. The van der Waals surface area contributed by atoms with Gasteiger partial charge in [0.15, 0.2) is 0 Å². The van der Waals surface area contributed by atoms with Gasteiger partial charge in [0.1, 0.15) is 0 Å². The molecule has 1 aromatic carbocycles.